The minimum atomic E-state index is -0.219. The van der Waals surface area contributed by atoms with E-state index in [2.05, 4.69) is 4.90 Å². The third-order valence-electron chi connectivity index (χ3n) is 3.35. The minimum absolute atomic E-state index is 0.129. The molecule has 3 heteroatoms. The van der Waals surface area contributed by atoms with E-state index in [1.807, 2.05) is 20.9 Å². The lowest BCUT2D eigenvalue weighted by Crippen LogP contribution is -2.46. The lowest BCUT2D eigenvalue weighted by molar-refractivity contribution is -0.121. The van der Waals surface area contributed by atoms with Crippen LogP contribution in [0.2, 0.25) is 0 Å². The van der Waals surface area contributed by atoms with Gasteiger partial charge in [-0.25, -0.2) is 0 Å². The maximum atomic E-state index is 11.4. The van der Waals surface area contributed by atoms with Gasteiger partial charge >= 0.3 is 0 Å². The number of rotatable bonds is 4. The van der Waals surface area contributed by atoms with Gasteiger partial charge in [-0.05, 0) is 33.7 Å². The minimum Gasteiger partial charge on any atom is -0.394 e. The second kappa shape index (κ2) is 4.41. The Hall–Kier alpha value is -0.410. The van der Waals surface area contributed by atoms with Gasteiger partial charge in [0.05, 0.1) is 6.61 Å². The molecule has 0 radical (unpaired) electrons. The molecular formula is C11H21NO2. The molecule has 0 aromatic carbocycles. The van der Waals surface area contributed by atoms with Crippen molar-refractivity contribution in [3.8, 4) is 0 Å². The number of aliphatic hydroxyl groups excluding tert-OH is 1. The van der Waals surface area contributed by atoms with Gasteiger partial charge in [0.25, 0.3) is 0 Å². The van der Waals surface area contributed by atoms with E-state index < -0.39 is 0 Å². The van der Waals surface area contributed by atoms with Crippen molar-refractivity contribution in [2.24, 2.45) is 5.92 Å². The van der Waals surface area contributed by atoms with Crippen molar-refractivity contribution in [3.05, 3.63) is 0 Å². The predicted octanol–water partition coefficient (Wildman–Crippen LogP) is 1.06. The predicted molar refractivity (Wildman–Crippen MR) is 56.1 cm³/mol. The summed E-state index contributed by atoms with van der Waals surface area (Å²) in [7, 11) is 1.97. The fourth-order valence-corrected chi connectivity index (χ4v) is 1.78. The van der Waals surface area contributed by atoms with Gasteiger partial charge in [-0.1, -0.05) is 0 Å². The standard InChI is InChI=1S/C11H21NO2/c1-11(2,8-13)12(3)7-9-5-4-6-10(9)14/h9,13H,4-8H2,1-3H3. The van der Waals surface area contributed by atoms with Crippen molar-refractivity contribution >= 4 is 5.78 Å². The van der Waals surface area contributed by atoms with Crippen LogP contribution in [0, 0.1) is 5.92 Å². The highest BCUT2D eigenvalue weighted by molar-refractivity contribution is 5.83. The zero-order chi connectivity index (χ0) is 10.8. The Kier molecular flexibility index (Phi) is 3.67. The average molecular weight is 199 g/mol. The highest BCUT2D eigenvalue weighted by Gasteiger charge is 2.30. The lowest BCUT2D eigenvalue weighted by atomic mass is 10.0. The number of likely N-dealkylation sites (N-methyl/N-ethyl adjacent to an activating group) is 1. The molecule has 1 fully saturated rings. The number of hydrogen-bond donors (Lipinski definition) is 1. The first-order valence-corrected chi connectivity index (χ1v) is 5.32. The summed E-state index contributed by atoms with van der Waals surface area (Å²) in [5.41, 5.74) is -0.219. The maximum absolute atomic E-state index is 11.4. The molecule has 0 aromatic rings. The number of Topliss-reactive ketones (excluding diaryl/α,β-unsaturated/α-hetero) is 1. The second-order valence-electron chi connectivity index (χ2n) is 4.91. The van der Waals surface area contributed by atoms with Crippen molar-refractivity contribution in [1.82, 2.24) is 4.90 Å². The van der Waals surface area contributed by atoms with Crippen LogP contribution < -0.4 is 0 Å². The van der Waals surface area contributed by atoms with Gasteiger partial charge in [0.2, 0.25) is 0 Å². The van der Waals surface area contributed by atoms with Crippen LogP contribution in [0.15, 0.2) is 0 Å². The molecule has 1 unspecified atom stereocenters. The van der Waals surface area contributed by atoms with Crippen LogP contribution in [-0.2, 0) is 4.79 Å². The Balaban J connectivity index is 2.47. The molecule has 1 N–H and O–H groups in total. The number of carbonyl (C=O) groups is 1. The summed E-state index contributed by atoms with van der Waals surface area (Å²) >= 11 is 0. The molecular weight excluding hydrogens is 178 g/mol. The largest absolute Gasteiger partial charge is 0.394 e. The fourth-order valence-electron chi connectivity index (χ4n) is 1.78. The van der Waals surface area contributed by atoms with Gasteiger partial charge in [-0.2, -0.15) is 0 Å². The molecule has 1 aliphatic rings. The van der Waals surface area contributed by atoms with Gasteiger partial charge in [0.1, 0.15) is 5.78 Å². The van der Waals surface area contributed by atoms with Crippen LogP contribution >= 0.6 is 0 Å². The first-order valence-electron chi connectivity index (χ1n) is 5.32. The highest BCUT2D eigenvalue weighted by atomic mass is 16.3. The molecule has 1 saturated carbocycles. The quantitative estimate of drug-likeness (QED) is 0.736. The summed E-state index contributed by atoms with van der Waals surface area (Å²) in [4.78, 5) is 13.5. The van der Waals surface area contributed by atoms with Gasteiger partial charge < -0.3 is 5.11 Å². The molecule has 1 rings (SSSR count). The third kappa shape index (κ3) is 2.55. The number of ketones is 1. The van der Waals surface area contributed by atoms with Gasteiger partial charge in [-0.3, -0.25) is 9.69 Å². The van der Waals surface area contributed by atoms with Gasteiger partial charge in [0, 0.05) is 24.4 Å². The van der Waals surface area contributed by atoms with Crippen LogP contribution in [0.1, 0.15) is 33.1 Å². The summed E-state index contributed by atoms with van der Waals surface area (Å²) in [6.07, 6.45) is 2.81. The Labute approximate surface area is 86.1 Å². The first kappa shape index (κ1) is 11.7. The molecule has 0 spiro atoms. The SMILES string of the molecule is CN(CC1CCCC1=O)C(C)(C)CO. The Morgan fingerprint density at radius 2 is 2.21 bits per heavy atom. The summed E-state index contributed by atoms with van der Waals surface area (Å²) < 4.78 is 0. The van der Waals surface area contributed by atoms with E-state index in [0.29, 0.717) is 5.78 Å². The zero-order valence-electron chi connectivity index (χ0n) is 9.42. The van der Waals surface area contributed by atoms with Crippen LogP contribution in [0.4, 0.5) is 0 Å². The van der Waals surface area contributed by atoms with Crippen LogP contribution in [0.5, 0.6) is 0 Å². The zero-order valence-corrected chi connectivity index (χ0v) is 9.42. The lowest BCUT2D eigenvalue weighted by Gasteiger charge is -2.35. The summed E-state index contributed by atoms with van der Waals surface area (Å²) in [5.74, 6) is 0.594. The molecule has 14 heavy (non-hydrogen) atoms. The summed E-state index contributed by atoms with van der Waals surface area (Å²) in [6.45, 7) is 4.90. The Morgan fingerprint density at radius 1 is 1.57 bits per heavy atom. The molecule has 0 aromatic heterocycles. The molecule has 82 valence electrons. The van der Waals surface area contributed by atoms with Crippen molar-refractivity contribution in [3.63, 3.8) is 0 Å². The van der Waals surface area contributed by atoms with E-state index in [0.717, 1.165) is 25.8 Å². The number of hydrogen-bond acceptors (Lipinski definition) is 3. The van der Waals surface area contributed by atoms with E-state index in [4.69, 9.17) is 0 Å². The highest BCUT2D eigenvalue weighted by Crippen LogP contribution is 2.24. The smallest absolute Gasteiger partial charge is 0.137 e. The van der Waals surface area contributed by atoms with Crippen LogP contribution in [-0.4, -0.2) is 41.5 Å². The fraction of sp³-hybridized carbons (Fsp3) is 0.909. The monoisotopic (exact) mass is 199 g/mol. The molecule has 0 heterocycles. The van der Waals surface area contributed by atoms with Crippen molar-refractivity contribution in [2.45, 2.75) is 38.6 Å². The van der Waals surface area contributed by atoms with Gasteiger partial charge in [0.15, 0.2) is 0 Å². The Bertz CT molecular complexity index is 213. The van der Waals surface area contributed by atoms with E-state index >= 15 is 0 Å². The van der Waals surface area contributed by atoms with E-state index in [1.165, 1.54) is 0 Å². The van der Waals surface area contributed by atoms with Crippen LogP contribution in [0.25, 0.3) is 0 Å². The van der Waals surface area contributed by atoms with E-state index in [-0.39, 0.29) is 18.1 Å². The molecule has 1 atom stereocenters. The molecule has 0 aliphatic heterocycles. The van der Waals surface area contributed by atoms with Crippen LogP contribution in [0.3, 0.4) is 0 Å². The van der Waals surface area contributed by atoms with Crippen molar-refractivity contribution in [1.29, 1.82) is 0 Å². The maximum Gasteiger partial charge on any atom is 0.137 e. The molecule has 1 aliphatic carbocycles. The van der Waals surface area contributed by atoms with Crippen molar-refractivity contribution in [2.75, 3.05) is 20.2 Å². The topological polar surface area (TPSA) is 40.5 Å². The van der Waals surface area contributed by atoms with Gasteiger partial charge in [-0.15, -0.1) is 0 Å². The average Bonchev–Trinajstić information content (AvgIpc) is 2.52. The number of aliphatic hydroxyl groups is 1. The second-order valence-corrected chi connectivity index (χ2v) is 4.91. The normalized spacial score (nSPS) is 23.5. The molecule has 3 nitrogen and oxygen atoms in total. The third-order valence-corrected chi connectivity index (χ3v) is 3.35. The molecule has 0 saturated heterocycles. The van der Waals surface area contributed by atoms with E-state index in [1.54, 1.807) is 0 Å². The Morgan fingerprint density at radius 3 is 2.64 bits per heavy atom. The first-order chi connectivity index (χ1) is 6.47. The summed E-state index contributed by atoms with van der Waals surface area (Å²) in [5, 5.41) is 9.18. The number of nitrogens with zero attached hydrogens (tertiary/aromatic N) is 1. The van der Waals surface area contributed by atoms with Crippen molar-refractivity contribution < 1.29 is 9.90 Å². The molecule has 0 amide bonds. The summed E-state index contributed by atoms with van der Waals surface area (Å²) in [6, 6.07) is 0. The van der Waals surface area contributed by atoms with E-state index in [9.17, 15) is 9.90 Å². The molecule has 0 bridgehead atoms. The number of carbonyl (C=O) groups excluding carboxylic acids is 1.